The fraction of sp³-hybridized carbons (Fsp3) is 0.385. The fourth-order valence-electron chi connectivity index (χ4n) is 1.75. The smallest absolute Gasteiger partial charge is 0.213 e. The monoisotopic (exact) mass is 294 g/mol. The molecule has 0 radical (unpaired) electrons. The normalized spacial score (nSPS) is 14.8. The Morgan fingerprint density at radius 2 is 2.32 bits per heavy atom. The number of aromatic amines is 1. The number of nitrogens with one attached hydrogen (secondary N) is 2. The van der Waals surface area contributed by atoms with E-state index in [0.717, 1.165) is 22.3 Å². The summed E-state index contributed by atoms with van der Waals surface area (Å²) in [4.78, 5) is 5.24. The fourth-order valence-corrected chi connectivity index (χ4v) is 2.83. The molecule has 0 atom stereocenters. The lowest BCUT2D eigenvalue weighted by Crippen LogP contribution is -2.15. The number of halogens is 1. The number of H-pyrrole nitrogens is 1. The van der Waals surface area contributed by atoms with Crippen LogP contribution in [0.4, 0.5) is 0 Å². The van der Waals surface area contributed by atoms with Crippen LogP contribution in [0.5, 0.6) is 0 Å². The summed E-state index contributed by atoms with van der Waals surface area (Å²) in [5.74, 6) is 0.809. The van der Waals surface area contributed by atoms with Gasteiger partial charge in [-0.3, -0.25) is 5.10 Å². The minimum atomic E-state index is 0.697. The Kier molecular flexibility index (Phi) is 3.77. The largest absolute Gasteiger partial charge is 0.310 e. The second kappa shape index (κ2) is 5.53. The van der Waals surface area contributed by atoms with Crippen LogP contribution in [-0.4, -0.2) is 21.2 Å². The first-order valence-electron chi connectivity index (χ1n) is 6.29. The first-order chi connectivity index (χ1) is 9.20. The molecular weight excluding hydrogens is 280 g/mol. The zero-order valence-corrected chi connectivity index (χ0v) is 12.2. The minimum absolute atomic E-state index is 0.697. The van der Waals surface area contributed by atoms with Crippen molar-refractivity contribution in [3.05, 3.63) is 34.6 Å². The molecule has 0 spiro atoms. The number of aromatic nitrogens is 3. The Hall–Kier alpha value is -1.04. The summed E-state index contributed by atoms with van der Waals surface area (Å²) in [6.07, 6.45) is 2.59. The van der Waals surface area contributed by atoms with Gasteiger partial charge in [0.15, 0.2) is 0 Å². The molecule has 1 aliphatic rings. The van der Waals surface area contributed by atoms with Crippen molar-refractivity contribution in [1.82, 2.24) is 20.5 Å². The summed E-state index contributed by atoms with van der Waals surface area (Å²) >= 11 is 7.78. The second-order valence-electron chi connectivity index (χ2n) is 4.73. The molecule has 1 aliphatic carbocycles. The van der Waals surface area contributed by atoms with E-state index in [1.807, 2.05) is 19.1 Å². The summed E-state index contributed by atoms with van der Waals surface area (Å²) in [5.41, 5.74) is 1.22. The first kappa shape index (κ1) is 13.0. The maximum absolute atomic E-state index is 6.30. The summed E-state index contributed by atoms with van der Waals surface area (Å²) in [6, 6.07) is 6.86. The van der Waals surface area contributed by atoms with E-state index in [1.165, 1.54) is 30.2 Å². The van der Waals surface area contributed by atoms with E-state index in [0.29, 0.717) is 11.2 Å². The highest BCUT2D eigenvalue weighted by Crippen LogP contribution is 2.32. The third-order valence-corrected chi connectivity index (χ3v) is 4.31. The molecule has 6 heteroatoms. The quantitative estimate of drug-likeness (QED) is 0.889. The van der Waals surface area contributed by atoms with Gasteiger partial charge in [0.05, 0.1) is 5.02 Å². The Labute approximate surface area is 121 Å². The van der Waals surface area contributed by atoms with E-state index in [9.17, 15) is 0 Å². The van der Waals surface area contributed by atoms with Crippen LogP contribution in [0.15, 0.2) is 28.3 Å². The van der Waals surface area contributed by atoms with Crippen LogP contribution in [0.2, 0.25) is 5.02 Å². The summed E-state index contributed by atoms with van der Waals surface area (Å²) < 4.78 is 0. The second-order valence-corrected chi connectivity index (χ2v) is 6.14. The molecule has 100 valence electrons. The van der Waals surface area contributed by atoms with Gasteiger partial charge in [-0.05, 0) is 49.2 Å². The number of hydrogen-bond donors (Lipinski definition) is 2. The zero-order valence-electron chi connectivity index (χ0n) is 10.6. The van der Waals surface area contributed by atoms with Gasteiger partial charge in [0.25, 0.3) is 0 Å². The molecule has 1 fully saturated rings. The van der Waals surface area contributed by atoms with E-state index in [1.54, 1.807) is 0 Å². The Morgan fingerprint density at radius 1 is 1.47 bits per heavy atom. The highest BCUT2D eigenvalue weighted by atomic mass is 35.5. The number of rotatable bonds is 5. The van der Waals surface area contributed by atoms with E-state index >= 15 is 0 Å². The molecule has 0 unspecified atom stereocenters. The minimum Gasteiger partial charge on any atom is -0.310 e. The van der Waals surface area contributed by atoms with Crippen molar-refractivity contribution in [3.8, 4) is 0 Å². The molecule has 0 aliphatic heterocycles. The van der Waals surface area contributed by atoms with Crippen LogP contribution in [0.25, 0.3) is 0 Å². The Bertz CT molecular complexity index is 580. The predicted molar refractivity (Wildman–Crippen MR) is 76.6 cm³/mol. The van der Waals surface area contributed by atoms with Gasteiger partial charge in [0, 0.05) is 17.5 Å². The van der Waals surface area contributed by atoms with E-state index < -0.39 is 0 Å². The van der Waals surface area contributed by atoms with Crippen LogP contribution in [0.3, 0.4) is 0 Å². The average molecular weight is 295 g/mol. The number of nitrogens with zero attached hydrogens (tertiary/aromatic N) is 2. The standard InChI is InChI=1S/C13H15ClN4S/c1-8-16-13(18-17-8)19-12-5-2-9(6-11(12)14)7-15-10-3-4-10/h2,5-6,10,15H,3-4,7H2,1H3,(H,16,17,18). The summed E-state index contributed by atoms with van der Waals surface area (Å²) in [6.45, 7) is 2.76. The van der Waals surface area contributed by atoms with Gasteiger partial charge >= 0.3 is 0 Å². The molecule has 0 saturated heterocycles. The van der Waals surface area contributed by atoms with Gasteiger partial charge in [0.2, 0.25) is 5.16 Å². The molecular formula is C13H15ClN4S. The molecule has 0 amide bonds. The Morgan fingerprint density at radius 3 is 2.95 bits per heavy atom. The van der Waals surface area contributed by atoms with E-state index in [2.05, 4.69) is 26.6 Å². The van der Waals surface area contributed by atoms with Gasteiger partial charge in [-0.15, -0.1) is 5.10 Å². The molecule has 1 aromatic heterocycles. The molecule has 2 aromatic rings. The molecule has 2 N–H and O–H groups in total. The Balaban J connectivity index is 1.67. The van der Waals surface area contributed by atoms with Crippen molar-refractivity contribution in [2.24, 2.45) is 0 Å². The van der Waals surface area contributed by atoms with Crippen molar-refractivity contribution < 1.29 is 0 Å². The van der Waals surface area contributed by atoms with Gasteiger partial charge in [0.1, 0.15) is 5.82 Å². The number of hydrogen-bond acceptors (Lipinski definition) is 4. The molecule has 19 heavy (non-hydrogen) atoms. The van der Waals surface area contributed by atoms with Crippen LogP contribution in [-0.2, 0) is 6.54 Å². The SMILES string of the molecule is Cc1nc(Sc2ccc(CNC3CC3)cc2Cl)n[nH]1. The molecule has 4 nitrogen and oxygen atoms in total. The molecule has 1 aromatic carbocycles. The van der Waals surface area contributed by atoms with Crippen molar-refractivity contribution in [1.29, 1.82) is 0 Å². The van der Waals surface area contributed by atoms with Crippen LogP contribution in [0.1, 0.15) is 24.2 Å². The van der Waals surface area contributed by atoms with Gasteiger partial charge in [-0.2, -0.15) is 0 Å². The van der Waals surface area contributed by atoms with Crippen LogP contribution in [0, 0.1) is 6.92 Å². The molecule has 1 heterocycles. The zero-order chi connectivity index (χ0) is 13.2. The molecule has 1 saturated carbocycles. The van der Waals surface area contributed by atoms with E-state index in [4.69, 9.17) is 11.6 Å². The first-order valence-corrected chi connectivity index (χ1v) is 7.49. The van der Waals surface area contributed by atoms with Crippen LogP contribution >= 0.6 is 23.4 Å². The maximum Gasteiger partial charge on any atom is 0.213 e. The van der Waals surface area contributed by atoms with Gasteiger partial charge in [-0.25, -0.2) is 4.98 Å². The van der Waals surface area contributed by atoms with Crippen LogP contribution < -0.4 is 5.32 Å². The van der Waals surface area contributed by atoms with Gasteiger partial charge < -0.3 is 5.32 Å². The predicted octanol–water partition coefficient (Wildman–Crippen LogP) is 3.17. The summed E-state index contributed by atoms with van der Waals surface area (Å²) in [5, 5.41) is 11.8. The van der Waals surface area contributed by atoms with E-state index in [-0.39, 0.29) is 0 Å². The number of benzene rings is 1. The third kappa shape index (κ3) is 3.49. The average Bonchev–Trinajstić information content (AvgIpc) is 3.13. The topological polar surface area (TPSA) is 53.6 Å². The van der Waals surface area contributed by atoms with Gasteiger partial charge in [-0.1, -0.05) is 17.7 Å². The van der Waals surface area contributed by atoms with Crippen molar-refractivity contribution in [2.75, 3.05) is 0 Å². The summed E-state index contributed by atoms with van der Waals surface area (Å²) in [7, 11) is 0. The lowest BCUT2D eigenvalue weighted by Gasteiger charge is -2.06. The highest BCUT2D eigenvalue weighted by Gasteiger charge is 2.20. The maximum atomic E-state index is 6.30. The highest BCUT2D eigenvalue weighted by molar-refractivity contribution is 7.99. The third-order valence-electron chi connectivity index (χ3n) is 2.95. The number of aryl methyl sites for hydroxylation is 1. The van der Waals surface area contributed by atoms with Crippen molar-refractivity contribution in [3.63, 3.8) is 0 Å². The molecule has 0 bridgehead atoms. The van der Waals surface area contributed by atoms with Crippen molar-refractivity contribution in [2.45, 2.75) is 42.4 Å². The lowest BCUT2D eigenvalue weighted by molar-refractivity contribution is 0.687. The lowest BCUT2D eigenvalue weighted by atomic mass is 10.2. The molecule has 3 rings (SSSR count). The van der Waals surface area contributed by atoms with Crippen molar-refractivity contribution >= 4 is 23.4 Å².